The van der Waals surface area contributed by atoms with Crippen molar-refractivity contribution >= 4 is 0 Å². The molecule has 0 radical (unpaired) electrons. The average molecular weight is 246 g/mol. The lowest BCUT2D eigenvalue weighted by Crippen LogP contribution is -2.04. The lowest BCUT2D eigenvalue weighted by atomic mass is 10.1. The Morgan fingerprint density at radius 1 is 1.28 bits per heavy atom. The first-order chi connectivity index (χ1) is 8.78. The van der Waals surface area contributed by atoms with Crippen molar-refractivity contribution in [2.75, 3.05) is 13.9 Å². The molecular formula is C12H10N2O4. The highest BCUT2D eigenvalue weighted by Gasteiger charge is 2.19. The fraction of sp³-hybridized carbons (Fsp3) is 0.167. The molecule has 1 aromatic carbocycles. The molecule has 1 aliphatic heterocycles. The van der Waals surface area contributed by atoms with Crippen LogP contribution in [0.25, 0.3) is 11.3 Å². The van der Waals surface area contributed by atoms with Gasteiger partial charge in [-0.3, -0.25) is 4.79 Å². The summed E-state index contributed by atoms with van der Waals surface area (Å²) in [5, 5.41) is 0. The largest absolute Gasteiger partial charge is 0.496 e. The van der Waals surface area contributed by atoms with E-state index < -0.39 is 0 Å². The number of aromatic amines is 1. The summed E-state index contributed by atoms with van der Waals surface area (Å²) in [6, 6.07) is 4.88. The fourth-order valence-electron chi connectivity index (χ4n) is 1.81. The molecule has 0 amide bonds. The summed E-state index contributed by atoms with van der Waals surface area (Å²) in [7, 11) is 1.55. The molecule has 2 aromatic rings. The van der Waals surface area contributed by atoms with Gasteiger partial charge in [-0.15, -0.1) is 0 Å². The van der Waals surface area contributed by atoms with Gasteiger partial charge in [0.15, 0.2) is 11.5 Å². The van der Waals surface area contributed by atoms with Gasteiger partial charge in [0.2, 0.25) is 6.79 Å². The number of ether oxygens (including phenoxy) is 3. The van der Waals surface area contributed by atoms with Crippen molar-refractivity contribution < 1.29 is 14.2 Å². The van der Waals surface area contributed by atoms with Crippen LogP contribution in [0.1, 0.15) is 0 Å². The zero-order valence-electron chi connectivity index (χ0n) is 9.60. The molecule has 0 fully saturated rings. The minimum absolute atomic E-state index is 0.185. The molecule has 0 spiro atoms. The van der Waals surface area contributed by atoms with Crippen molar-refractivity contribution in [3.63, 3.8) is 0 Å². The standard InChI is InChI=1S/C12H10N2O4/c1-16-9-4-11-10(17-6-18-11)2-7(9)8-3-12(15)14-5-13-8/h2-5H,6H2,1H3,(H,13,14,15). The number of nitrogens with one attached hydrogen (secondary N) is 1. The van der Waals surface area contributed by atoms with E-state index in [0.717, 1.165) is 0 Å². The van der Waals surface area contributed by atoms with Crippen LogP contribution >= 0.6 is 0 Å². The SMILES string of the molecule is COc1cc2c(cc1-c1cc(=O)[nH]cn1)OCO2. The van der Waals surface area contributed by atoms with Crippen molar-refractivity contribution in [1.82, 2.24) is 9.97 Å². The first-order valence-electron chi connectivity index (χ1n) is 5.30. The number of hydrogen-bond donors (Lipinski definition) is 1. The van der Waals surface area contributed by atoms with E-state index in [-0.39, 0.29) is 12.4 Å². The van der Waals surface area contributed by atoms with Gasteiger partial charge >= 0.3 is 0 Å². The zero-order valence-corrected chi connectivity index (χ0v) is 9.60. The number of hydrogen-bond acceptors (Lipinski definition) is 5. The Balaban J connectivity index is 2.19. The van der Waals surface area contributed by atoms with E-state index in [4.69, 9.17) is 14.2 Å². The van der Waals surface area contributed by atoms with Gasteiger partial charge in [0.05, 0.1) is 19.1 Å². The smallest absolute Gasteiger partial charge is 0.251 e. The Hall–Kier alpha value is -2.50. The highest BCUT2D eigenvalue weighted by molar-refractivity contribution is 5.71. The second-order valence-electron chi connectivity index (χ2n) is 3.70. The van der Waals surface area contributed by atoms with E-state index in [1.165, 1.54) is 12.4 Å². The molecule has 2 heterocycles. The van der Waals surface area contributed by atoms with Crippen LogP contribution in [0, 0.1) is 0 Å². The number of rotatable bonds is 2. The maximum absolute atomic E-state index is 11.3. The van der Waals surface area contributed by atoms with Crippen LogP contribution in [0.2, 0.25) is 0 Å². The monoisotopic (exact) mass is 246 g/mol. The van der Waals surface area contributed by atoms with Gasteiger partial charge < -0.3 is 19.2 Å². The summed E-state index contributed by atoms with van der Waals surface area (Å²) in [6.45, 7) is 0.185. The van der Waals surface area contributed by atoms with Crippen LogP contribution in [0.5, 0.6) is 17.2 Å². The number of H-pyrrole nitrogens is 1. The third-order valence-electron chi connectivity index (χ3n) is 2.65. The minimum Gasteiger partial charge on any atom is -0.496 e. The molecule has 3 rings (SSSR count). The molecule has 0 atom stereocenters. The Bertz CT molecular complexity index is 651. The highest BCUT2D eigenvalue weighted by atomic mass is 16.7. The summed E-state index contributed by atoms with van der Waals surface area (Å²) < 4.78 is 15.8. The van der Waals surface area contributed by atoms with Gasteiger partial charge in [-0.05, 0) is 6.07 Å². The summed E-state index contributed by atoms with van der Waals surface area (Å²) in [5.41, 5.74) is 0.987. The van der Waals surface area contributed by atoms with Gasteiger partial charge in [0.25, 0.3) is 5.56 Å². The maximum Gasteiger partial charge on any atom is 0.251 e. The number of benzene rings is 1. The molecule has 18 heavy (non-hydrogen) atoms. The van der Waals surface area contributed by atoms with Gasteiger partial charge in [-0.1, -0.05) is 0 Å². The van der Waals surface area contributed by atoms with Crippen molar-refractivity contribution in [2.45, 2.75) is 0 Å². The van der Waals surface area contributed by atoms with E-state index in [1.54, 1.807) is 19.2 Å². The van der Waals surface area contributed by atoms with E-state index in [1.807, 2.05) is 0 Å². The number of fused-ring (bicyclic) bond motifs is 1. The highest BCUT2D eigenvalue weighted by Crippen LogP contribution is 2.41. The summed E-state index contributed by atoms with van der Waals surface area (Å²) in [6.07, 6.45) is 1.35. The third kappa shape index (κ3) is 1.67. The summed E-state index contributed by atoms with van der Waals surface area (Å²) in [5.74, 6) is 1.82. The number of methoxy groups -OCH3 is 1. The molecular weight excluding hydrogens is 236 g/mol. The molecule has 0 bridgehead atoms. The molecule has 1 aromatic heterocycles. The second-order valence-corrected chi connectivity index (χ2v) is 3.70. The van der Waals surface area contributed by atoms with E-state index >= 15 is 0 Å². The molecule has 6 nitrogen and oxygen atoms in total. The van der Waals surface area contributed by atoms with Crippen LogP contribution in [0.15, 0.2) is 29.3 Å². The molecule has 92 valence electrons. The maximum atomic E-state index is 11.3. The summed E-state index contributed by atoms with van der Waals surface area (Å²) >= 11 is 0. The van der Waals surface area contributed by atoms with Crippen molar-refractivity contribution in [3.05, 3.63) is 34.9 Å². The quantitative estimate of drug-likeness (QED) is 0.861. The predicted molar refractivity (Wildman–Crippen MR) is 63.0 cm³/mol. The van der Waals surface area contributed by atoms with Crippen LogP contribution in [-0.2, 0) is 0 Å². The third-order valence-corrected chi connectivity index (χ3v) is 2.65. The molecule has 0 saturated carbocycles. The number of nitrogens with zero attached hydrogens (tertiary/aromatic N) is 1. The van der Waals surface area contributed by atoms with Gasteiger partial charge in [-0.25, -0.2) is 4.98 Å². The van der Waals surface area contributed by atoms with Gasteiger partial charge in [0, 0.05) is 17.7 Å². The molecule has 0 aliphatic carbocycles. The lowest BCUT2D eigenvalue weighted by molar-refractivity contribution is 0.174. The van der Waals surface area contributed by atoms with Gasteiger partial charge in [0.1, 0.15) is 5.75 Å². The van der Waals surface area contributed by atoms with Crippen LogP contribution in [0.4, 0.5) is 0 Å². The topological polar surface area (TPSA) is 73.4 Å². The molecule has 0 unspecified atom stereocenters. The molecule has 1 aliphatic rings. The first kappa shape index (κ1) is 10.6. The number of aromatic nitrogens is 2. The van der Waals surface area contributed by atoms with Crippen molar-refractivity contribution in [3.8, 4) is 28.5 Å². The minimum atomic E-state index is -0.222. The predicted octanol–water partition coefficient (Wildman–Crippen LogP) is 1.17. The van der Waals surface area contributed by atoms with E-state index in [0.29, 0.717) is 28.5 Å². The Morgan fingerprint density at radius 2 is 2.06 bits per heavy atom. The zero-order chi connectivity index (χ0) is 12.5. The lowest BCUT2D eigenvalue weighted by Gasteiger charge is -2.08. The van der Waals surface area contributed by atoms with E-state index in [2.05, 4.69) is 9.97 Å². The van der Waals surface area contributed by atoms with E-state index in [9.17, 15) is 4.79 Å². The Morgan fingerprint density at radius 3 is 2.78 bits per heavy atom. The Labute approximate surface area is 102 Å². The fourth-order valence-corrected chi connectivity index (χ4v) is 1.81. The molecule has 6 heteroatoms. The second kappa shape index (κ2) is 4.06. The van der Waals surface area contributed by atoms with Gasteiger partial charge in [-0.2, -0.15) is 0 Å². The Kier molecular flexibility index (Phi) is 2.40. The van der Waals surface area contributed by atoms with Crippen LogP contribution in [0.3, 0.4) is 0 Å². The molecule has 1 N–H and O–H groups in total. The van der Waals surface area contributed by atoms with Crippen molar-refractivity contribution in [2.24, 2.45) is 0 Å². The summed E-state index contributed by atoms with van der Waals surface area (Å²) in [4.78, 5) is 17.9. The van der Waals surface area contributed by atoms with Crippen molar-refractivity contribution in [1.29, 1.82) is 0 Å². The first-order valence-corrected chi connectivity index (χ1v) is 5.30. The molecule has 0 saturated heterocycles. The average Bonchev–Trinajstić information content (AvgIpc) is 2.84. The normalized spacial score (nSPS) is 12.5. The van der Waals surface area contributed by atoms with Crippen LogP contribution < -0.4 is 19.8 Å². The van der Waals surface area contributed by atoms with Crippen LogP contribution in [-0.4, -0.2) is 23.9 Å².